The Bertz CT molecular complexity index is 646. The molecular weight excluding hydrogens is 236 g/mol. The number of fused-ring (bicyclic) bond motifs is 2. The molecule has 0 saturated heterocycles. The summed E-state index contributed by atoms with van der Waals surface area (Å²) in [5.74, 6) is -0.319. The van der Waals surface area contributed by atoms with Crippen molar-refractivity contribution in [1.82, 2.24) is 9.36 Å². The molecule has 0 radical (unpaired) electrons. The zero-order chi connectivity index (χ0) is 12.0. The molecule has 2 aromatic heterocycles. The van der Waals surface area contributed by atoms with Crippen molar-refractivity contribution in [2.45, 2.75) is 13.3 Å². The molecule has 1 aliphatic rings. The van der Waals surface area contributed by atoms with Crippen LogP contribution in [0.2, 0.25) is 0 Å². The molecule has 0 amide bonds. The Labute approximate surface area is 101 Å². The van der Waals surface area contributed by atoms with E-state index >= 15 is 0 Å². The summed E-state index contributed by atoms with van der Waals surface area (Å²) in [5.41, 5.74) is 1.82. The highest BCUT2D eigenvalue weighted by molar-refractivity contribution is 7.09. The summed E-state index contributed by atoms with van der Waals surface area (Å²) in [6, 6.07) is 3.31. The second-order valence-electron chi connectivity index (χ2n) is 3.74. The molecule has 17 heavy (non-hydrogen) atoms. The standard InChI is InChI=1S/C12H8N2O2S/c1-2-7-8-10(15)6-4-3-5-13-9(6)11(16)12(8)17-14-7/h3-5H,2H2,1H3. The highest BCUT2D eigenvalue weighted by Crippen LogP contribution is 2.30. The number of hydrogen-bond acceptors (Lipinski definition) is 5. The molecule has 0 N–H and O–H groups in total. The maximum absolute atomic E-state index is 12.3. The first kappa shape index (κ1) is 10.3. The van der Waals surface area contributed by atoms with E-state index in [1.807, 2.05) is 6.92 Å². The predicted molar refractivity (Wildman–Crippen MR) is 62.6 cm³/mol. The molecule has 2 heterocycles. The molecule has 0 fully saturated rings. The van der Waals surface area contributed by atoms with Crippen molar-refractivity contribution >= 4 is 23.1 Å². The molecule has 3 rings (SSSR count). The third-order valence-electron chi connectivity index (χ3n) is 2.80. The number of carbonyl (C=O) groups excluding carboxylic acids is 2. The predicted octanol–water partition coefficient (Wildman–Crippen LogP) is 1.88. The Morgan fingerprint density at radius 3 is 2.88 bits per heavy atom. The van der Waals surface area contributed by atoms with E-state index in [-0.39, 0.29) is 17.3 Å². The molecule has 0 bridgehead atoms. The number of nitrogens with zero attached hydrogens (tertiary/aromatic N) is 2. The lowest BCUT2D eigenvalue weighted by atomic mass is 9.91. The first-order valence-corrected chi connectivity index (χ1v) is 6.04. The lowest BCUT2D eigenvalue weighted by molar-refractivity contribution is 0.0978. The fraction of sp³-hybridized carbons (Fsp3) is 0.167. The zero-order valence-electron chi connectivity index (χ0n) is 9.06. The average molecular weight is 244 g/mol. The fourth-order valence-corrected chi connectivity index (χ4v) is 2.87. The molecule has 5 heteroatoms. The van der Waals surface area contributed by atoms with Crippen molar-refractivity contribution in [2.75, 3.05) is 0 Å². The maximum Gasteiger partial charge on any atom is 0.224 e. The summed E-state index contributed by atoms with van der Waals surface area (Å²) in [5, 5.41) is 0. The van der Waals surface area contributed by atoms with Crippen LogP contribution in [-0.4, -0.2) is 20.9 Å². The van der Waals surface area contributed by atoms with Gasteiger partial charge in [0.15, 0.2) is 5.78 Å². The van der Waals surface area contributed by atoms with Crippen molar-refractivity contribution in [3.63, 3.8) is 0 Å². The molecule has 0 unspecified atom stereocenters. The highest BCUT2D eigenvalue weighted by atomic mass is 32.1. The smallest absolute Gasteiger partial charge is 0.224 e. The average Bonchev–Trinajstić information content (AvgIpc) is 2.80. The number of ketones is 2. The zero-order valence-corrected chi connectivity index (χ0v) is 9.87. The van der Waals surface area contributed by atoms with Crippen LogP contribution in [0.15, 0.2) is 18.3 Å². The van der Waals surface area contributed by atoms with Gasteiger partial charge in [-0.3, -0.25) is 14.6 Å². The number of pyridine rings is 1. The summed E-state index contributed by atoms with van der Waals surface area (Å²) in [4.78, 5) is 28.8. The summed E-state index contributed by atoms with van der Waals surface area (Å²) >= 11 is 1.09. The molecule has 2 aromatic rings. The van der Waals surface area contributed by atoms with Crippen LogP contribution in [0.3, 0.4) is 0 Å². The molecule has 0 aliphatic heterocycles. The van der Waals surface area contributed by atoms with Crippen LogP contribution in [0.25, 0.3) is 0 Å². The van der Waals surface area contributed by atoms with Gasteiger partial charge in [0.25, 0.3) is 0 Å². The number of rotatable bonds is 1. The Balaban J connectivity index is 2.31. The summed E-state index contributed by atoms with van der Waals surface area (Å²) in [6.45, 7) is 1.92. The second kappa shape index (κ2) is 3.56. The monoisotopic (exact) mass is 244 g/mol. The van der Waals surface area contributed by atoms with E-state index in [4.69, 9.17) is 0 Å². The molecule has 84 valence electrons. The lowest BCUT2D eigenvalue weighted by Crippen LogP contribution is -2.21. The molecule has 0 spiro atoms. The summed E-state index contributed by atoms with van der Waals surface area (Å²) in [6.07, 6.45) is 2.18. The van der Waals surface area contributed by atoms with Gasteiger partial charge >= 0.3 is 0 Å². The normalized spacial score (nSPS) is 13.5. The van der Waals surface area contributed by atoms with Crippen molar-refractivity contribution in [2.24, 2.45) is 0 Å². The van der Waals surface area contributed by atoms with Crippen LogP contribution < -0.4 is 0 Å². The first-order chi connectivity index (χ1) is 8.24. The van der Waals surface area contributed by atoms with Gasteiger partial charge in [0.2, 0.25) is 5.78 Å². The van der Waals surface area contributed by atoms with Crippen molar-refractivity contribution in [1.29, 1.82) is 0 Å². The van der Waals surface area contributed by atoms with Crippen molar-refractivity contribution < 1.29 is 9.59 Å². The van der Waals surface area contributed by atoms with E-state index in [9.17, 15) is 9.59 Å². The highest BCUT2D eigenvalue weighted by Gasteiger charge is 2.34. The Kier molecular flexibility index (Phi) is 2.16. The largest absolute Gasteiger partial charge is 0.288 e. The minimum atomic E-state index is -0.188. The number of aryl methyl sites for hydroxylation is 1. The third kappa shape index (κ3) is 1.29. The molecule has 0 saturated carbocycles. The number of carbonyl (C=O) groups is 2. The van der Waals surface area contributed by atoms with Crippen LogP contribution >= 0.6 is 11.5 Å². The SMILES string of the molecule is CCc1nsc2c1C(=O)c1cccnc1C2=O. The Morgan fingerprint density at radius 1 is 1.29 bits per heavy atom. The van der Waals surface area contributed by atoms with Crippen LogP contribution in [0.5, 0.6) is 0 Å². The minimum Gasteiger partial charge on any atom is -0.288 e. The van der Waals surface area contributed by atoms with Gasteiger partial charge in [0.1, 0.15) is 10.6 Å². The first-order valence-electron chi connectivity index (χ1n) is 5.27. The maximum atomic E-state index is 12.3. The van der Waals surface area contributed by atoms with Gasteiger partial charge in [-0.2, -0.15) is 4.37 Å². The van der Waals surface area contributed by atoms with E-state index in [0.29, 0.717) is 28.1 Å². The molecule has 0 atom stereocenters. The van der Waals surface area contributed by atoms with Gasteiger partial charge in [0, 0.05) is 6.20 Å². The van der Waals surface area contributed by atoms with Crippen LogP contribution in [0.4, 0.5) is 0 Å². The van der Waals surface area contributed by atoms with Gasteiger partial charge in [-0.15, -0.1) is 0 Å². The Hall–Kier alpha value is -1.88. The van der Waals surface area contributed by atoms with Crippen molar-refractivity contribution in [3.05, 3.63) is 45.7 Å². The van der Waals surface area contributed by atoms with E-state index in [2.05, 4.69) is 9.36 Å². The van der Waals surface area contributed by atoms with E-state index < -0.39 is 0 Å². The second-order valence-corrected chi connectivity index (χ2v) is 4.52. The quantitative estimate of drug-likeness (QED) is 0.655. The third-order valence-corrected chi connectivity index (χ3v) is 3.68. The molecule has 1 aliphatic carbocycles. The van der Waals surface area contributed by atoms with Crippen molar-refractivity contribution in [3.8, 4) is 0 Å². The van der Waals surface area contributed by atoms with E-state index in [1.165, 1.54) is 6.20 Å². The van der Waals surface area contributed by atoms with Crippen LogP contribution in [0, 0.1) is 0 Å². The summed E-state index contributed by atoms with van der Waals surface area (Å²) in [7, 11) is 0. The van der Waals surface area contributed by atoms with E-state index in [1.54, 1.807) is 12.1 Å². The topological polar surface area (TPSA) is 59.9 Å². The van der Waals surface area contributed by atoms with Gasteiger partial charge < -0.3 is 0 Å². The van der Waals surface area contributed by atoms with Gasteiger partial charge in [-0.1, -0.05) is 6.92 Å². The number of hydrogen-bond donors (Lipinski definition) is 0. The minimum absolute atomic E-state index is 0.131. The van der Waals surface area contributed by atoms with Crippen LogP contribution in [-0.2, 0) is 6.42 Å². The van der Waals surface area contributed by atoms with E-state index in [0.717, 1.165) is 11.5 Å². The molecule has 4 nitrogen and oxygen atoms in total. The summed E-state index contributed by atoms with van der Waals surface area (Å²) < 4.78 is 4.17. The lowest BCUT2D eigenvalue weighted by Gasteiger charge is -2.12. The molecule has 0 aromatic carbocycles. The Morgan fingerprint density at radius 2 is 2.12 bits per heavy atom. The van der Waals surface area contributed by atoms with Gasteiger partial charge in [0.05, 0.1) is 16.8 Å². The molecular formula is C12H8N2O2S. The fourth-order valence-electron chi connectivity index (χ4n) is 1.97. The number of aromatic nitrogens is 2. The van der Waals surface area contributed by atoms with Gasteiger partial charge in [-0.05, 0) is 30.1 Å². The van der Waals surface area contributed by atoms with Crippen LogP contribution in [0.1, 0.15) is 43.9 Å². The van der Waals surface area contributed by atoms with Gasteiger partial charge in [-0.25, -0.2) is 0 Å².